The van der Waals surface area contributed by atoms with Crippen molar-refractivity contribution in [2.75, 3.05) is 4.90 Å². The number of rotatable bonds is 8. The van der Waals surface area contributed by atoms with Crippen LogP contribution in [0.3, 0.4) is 0 Å². The minimum atomic E-state index is -1.30. The minimum absolute atomic E-state index is 0.627. The van der Waals surface area contributed by atoms with Gasteiger partial charge in [0.15, 0.2) is 14.4 Å². The molecule has 10 aromatic rings. The van der Waals surface area contributed by atoms with Crippen LogP contribution in [-0.2, 0) is 0 Å². The number of oxazole rings is 1. The van der Waals surface area contributed by atoms with Gasteiger partial charge in [0.05, 0.1) is 0 Å². The number of hydrogen-bond acceptors (Lipinski definition) is 3. The van der Waals surface area contributed by atoms with Crippen molar-refractivity contribution in [3.8, 4) is 22.6 Å². The third-order valence-corrected chi connectivity index (χ3v) is 13.1. The molecule has 1 aromatic heterocycles. The van der Waals surface area contributed by atoms with E-state index in [1.54, 1.807) is 0 Å². The summed E-state index contributed by atoms with van der Waals surface area (Å²) in [7, 11) is -1.30. The number of aromatic nitrogens is 1. The smallest absolute Gasteiger partial charge is 0.227 e. The van der Waals surface area contributed by atoms with Crippen LogP contribution in [0.4, 0.5) is 17.1 Å². The number of fused-ring (bicyclic) bond motifs is 5. The van der Waals surface area contributed by atoms with Crippen molar-refractivity contribution in [3.63, 3.8) is 0 Å². The quantitative estimate of drug-likeness (QED) is 0.0889. The van der Waals surface area contributed by atoms with Gasteiger partial charge < -0.3 is 9.32 Å². The Morgan fingerprint density at radius 1 is 0.400 bits per heavy atom. The molecule has 0 unspecified atom stereocenters. The maximum absolute atomic E-state index is 6.61. The van der Waals surface area contributed by atoms with Crippen molar-refractivity contribution in [3.05, 3.63) is 212 Å². The van der Waals surface area contributed by atoms with Gasteiger partial charge in [-0.3, -0.25) is 0 Å². The van der Waals surface area contributed by atoms with Crippen LogP contribution in [0.5, 0.6) is 0 Å². The van der Waals surface area contributed by atoms with Gasteiger partial charge in [0.25, 0.3) is 0 Å². The molecule has 0 spiro atoms. The Morgan fingerprint density at radius 2 is 0.927 bits per heavy atom. The summed E-state index contributed by atoms with van der Waals surface area (Å²) in [6.45, 7) is 0. The SMILES string of the molecule is c1ccc(-c2cccc(N(c3cccc([Si](c4ccccc4)c4ccccc4)c3)c3ccc4ccc5ccc6nc(-c7ccccc7)oc6c5c4c3)c2)cc1. The molecule has 4 heteroatoms. The van der Waals surface area contributed by atoms with Crippen molar-refractivity contribution in [1.29, 1.82) is 0 Å². The largest absolute Gasteiger partial charge is 0.435 e. The van der Waals surface area contributed by atoms with Crippen LogP contribution in [0.2, 0.25) is 0 Å². The highest BCUT2D eigenvalue weighted by Gasteiger charge is 2.22. The number of benzene rings is 9. The first-order chi connectivity index (χ1) is 27.3. The van der Waals surface area contributed by atoms with Crippen molar-refractivity contribution in [2.45, 2.75) is 0 Å². The molecule has 0 aliphatic carbocycles. The lowest BCUT2D eigenvalue weighted by atomic mass is 9.99. The first-order valence-corrected chi connectivity index (χ1v) is 20.1. The van der Waals surface area contributed by atoms with Crippen LogP contribution in [0, 0.1) is 0 Å². The highest BCUT2D eigenvalue weighted by molar-refractivity contribution is 6.95. The van der Waals surface area contributed by atoms with Crippen molar-refractivity contribution in [1.82, 2.24) is 4.98 Å². The van der Waals surface area contributed by atoms with E-state index < -0.39 is 8.80 Å². The summed E-state index contributed by atoms with van der Waals surface area (Å²) in [4.78, 5) is 7.34. The van der Waals surface area contributed by atoms with Crippen molar-refractivity contribution in [2.24, 2.45) is 0 Å². The Hall–Kier alpha value is -7.01. The lowest BCUT2D eigenvalue weighted by molar-refractivity contribution is 0.623. The Labute approximate surface area is 322 Å². The predicted molar refractivity (Wildman–Crippen MR) is 232 cm³/mol. The number of hydrogen-bond donors (Lipinski definition) is 0. The van der Waals surface area contributed by atoms with Gasteiger partial charge in [0.2, 0.25) is 5.89 Å². The van der Waals surface area contributed by atoms with Crippen molar-refractivity contribution >= 4 is 74.1 Å². The molecule has 259 valence electrons. The molecule has 1 heterocycles. The van der Waals surface area contributed by atoms with Crippen LogP contribution in [0.1, 0.15) is 0 Å². The van der Waals surface area contributed by atoms with E-state index in [1.807, 2.05) is 30.3 Å². The molecule has 0 N–H and O–H groups in total. The normalized spacial score (nSPS) is 11.4. The van der Waals surface area contributed by atoms with Crippen LogP contribution in [-0.4, -0.2) is 13.8 Å². The van der Waals surface area contributed by atoms with Gasteiger partial charge in [-0.1, -0.05) is 168 Å². The molecule has 0 amide bonds. The van der Waals surface area contributed by atoms with E-state index in [1.165, 1.54) is 26.7 Å². The van der Waals surface area contributed by atoms with Crippen molar-refractivity contribution < 1.29 is 4.42 Å². The van der Waals surface area contributed by atoms with E-state index in [2.05, 4.69) is 187 Å². The maximum atomic E-state index is 6.61. The van der Waals surface area contributed by atoms with Gasteiger partial charge in [-0.05, 0) is 87.1 Å². The standard InChI is InChI=1S/C51H35N2OSi/c1-5-15-36(16-6-1)40-19-13-20-41(33-40)53(42-21-14-26-46(34-42)55(44-22-9-3-10-23-44)45-24-11-4-12-25-45)43-31-29-37-27-28-38-30-32-48-50(49(38)47(37)35-43)54-51(52-48)39-17-7-2-8-18-39/h1-35H. The van der Waals surface area contributed by atoms with E-state index in [0.717, 1.165) is 55.3 Å². The van der Waals surface area contributed by atoms with Crippen LogP contribution in [0.15, 0.2) is 217 Å². The van der Waals surface area contributed by atoms with Crippen LogP contribution in [0.25, 0.3) is 55.2 Å². The molecule has 0 saturated carbocycles. The first kappa shape index (κ1) is 32.6. The highest BCUT2D eigenvalue weighted by atomic mass is 28.3. The predicted octanol–water partition coefficient (Wildman–Crippen LogP) is 11.5. The molecule has 1 radical (unpaired) electrons. The number of anilines is 3. The molecule has 55 heavy (non-hydrogen) atoms. The number of nitrogens with zero attached hydrogens (tertiary/aromatic N) is 2. The van der Waals surface area contributed by atoms with E-state index in [0.29, 0.717) is 5.89 Å². The zero-order valence-corrected chi connectivity index (χ0v) is 31.0. The Balaban J connectivity index is 1.19. The second-order valence-corrected chi connectivity index (χ2v) is 16.3. The lowest BCUT2D eigenvalue weighted by Gasteiger charge is -2.28. The molecular weight excluding hydrogens is 685 g/mol. The second kappa shape index (κ2) is 14.1. The molecule has 3 nitrogen and oxygen atoms in total. The Morgan fingerprint density at radius 3 is 1.64 bits per heavy atom. The Kier molecular flexibility index (Phi) is 8.36. The van der Waals surface area contributed by atoms with Gasteiger partial charge in [-0.25, -0.2) is 4.98 Å². The van der Waals surface area contributed by atoms with E-state index in [4.69, 9.17) is 9.40 Å². The minimum Gasteiger partial charge on any atom is -0.435 e. The molecule has 0 aliphatic rings. The van der Waals surface area contributed by atoms with Gasteiger partial charge >= 0.3 is 0 Å². The zero-order valence-electron chi connectivity index (χ0n) is 30.0. The monoisotopic (exact) mass is 719 g/mol. The molecule has 0 saturated heterocycles. The molecule has 10 rings (SSSR count). The zero-order chi connectivity index (χ0) is 36.6. The molecule has 9 aromatic carbocycles. The molecule has 0 atom stereocenters. The topological polar surface area (TPSA) is 29.3 Å². The summed E-state index contributed by atoms with van der Waals surface area (Å²) in [5, 5.41) is 8.49. The molecular formula is C51H35N2OSi. The summed E-state index contributed by atoms with van der Waals surface area (Å²) in [5.41, 5.74) is 8.22. The van der Waals surface area contributed by atoms with E-state index in [9.17, 15) is 0 Å². The molecule has 0 fully saturated rings. The summed E-state index contributed by atoms with van der Waals surface area (Å²) >= 11 is 0. The molecule has 0 aliphatic heterocycles. The fourth-order valence-electron chi connectivity index (χ4n) is 7.77. The third-order valence-electron chi connectivity index (χ3n) is 10.3. The summed E-state index contributed by atoms with van der Waals surface area (Å²) in [5.74, 6) is 0.627. The average molecular weight is 720 g/mol. The fourth-order valence-corrected chi connectivity index (χ4v) is 10.4. The van der Waals surface area contributed by atoms with Gasteiger partial charge in [0.1, 0.15) is 5.52 Å². The van der Waals surface area contributed by atoms with Crippen LogP contribution < -0.4 is 20.5 Å². The van der Waals surface area contributed by atoms with Gasteiger partial charge in [-0.2, -0.15) is 0 Å². The van der Waals surface area contributed by atoms with E-state index >= 15 is 0 Å². The fraction of sp³-hybridized carbons (Fsp3) is 0. The van der Waals surface area contributed by atoms with Crippen LogP contribution >= 0.6 is 0 Å². The summed E-state index contributed by atoms with van der Waals surface area (Å²) in [6.07, 6.45) is 0. The Bertz CT molecular complexity index is 2890. The maximum Gasteiger partial charge on any atom is 0.227 e. The van der Waals surface area contributed by atoms with E-state index in [-0.39, 0.29) is 0 Å². The van der Waals surface area contributed by atoms with Gasteiger partial charge in [-0.15, -0.1) is 0 Å². The first-order valence-electron chi connectivity index (χ1n) is 18.6. The third kappa shape index (κ3) is 6.19. The summed E-state index contributed by atoms with van der Waals surface area (Å²) < 4.78 is 6.61. The van der Waals surface area contributed by atoms with Gasteiger partial charge in [0, 0.05) is 28.0 Å². The average Bonchev–Trinajstić information content (AvgIpc) is 3.70. The lowest BCUT2D eigenvalue weighted by Crippen LogP contribution is -2.51. The molecule has 0 bridgehead atoms. The summed E-state index contributed by atoms with van der Waals surface area (Å²) in [6, 6.07) is 76.1. The second-order valence-electron chi connectivity index (χ2n) is 13.8. The highest BCUT2D eigenvalue weighted by Crippen LogP contribution is 2.41.